The molecule has 0 spiro atoms. The van der Waals surface area contributed by atoms with E-state index < -0.39 is 0 Å². The number of aromatic nitrogens is 2. The predicted octanol–water partition coefficient (Wildman–Crippen LogP) is 3.26. The summed E-state index contributed by atoms with van der Waals surface area (Å²) in [4.78, 5) is 15.3. The molecule has 5 heteroatoms. The molecular formula is C16H17N3O2. The summed E-state index contributed by atoms with van der Waals surface area (Å²) in [6.07, 6.45) is 0. The Balaban J connectivity index is 1.79. The van der Waals surface area contributed by atoms with Crippen LogP contribution in [0.4, 0.5) is 0 Å². The highest BCUT2D eigenvalue weighted by atomic mass is 16.5. The van der Waals surface area contributed by atoms with E-state index in [0.29, 0.717) is 5.69 Å². The van der Waals surface area contributed by atoms with Crippen molar-refractivity contribution < 1.29 is 9.32 Å². The highest BCUT2D eigenvalue weighted by Crippen LogP contribution is 2.21. The fourth-order valence-corrected chi connectivity index (χ4v) is 2.39. The molecule has 1 amide bonds. The zero-order chi connectivity index (χ0) is 15.0. The third kappa shape index (κ3) is 2.67. The molecule has 21 heavy (non-hydrogen) atoms. The molecule has 0 radical (unpaired) electrons. The highest BCUT2D eigenvalue weighted by Gasteiger charge is 2.15. The second-order valence-corrected chi connectivity index (χ2v) is 5.33. The predicted molar refractivity (Wildman–Crippen MR) is 80.2 cm³/mol. The van der Waals surface area contributed by atoms with Crippen LogP contribution >= 0.6 is 0 Å². The van der Waals surface area contributed by atoms with Crippen molar-refractivity contribution in [3.8, 4) is 0 Å². The molecule has 0 saturated heterocycles. The number of nitrogens with one attached hydrogen (secondary N) is 2. The Labute approximate surface area is 122 Å². The van der Waals surface area contributed by atoms with E-state index in [1.54, 1.807) is 13.0 Å². The molecular weight excluding hydrogens is 266 g/mol. The van der Waals surface area contributed by atoms with Crippen molar-refractivity contribution >= 4 is 16.8 Å². The third-order valence-corrected chi connectivity index (χ3v) is 3.48. The monoisotopic (exact) mass is 283 g/mol. The summed E-state index contributed by atoms with van der Waals surface area (Å²) in [6.45, 7) is 5.75. The Morgan fingerprint density at radius 1 is 1.29 bits per heavy atom. The number of H-pyrrole nitrogens is 1. The number of hydrogen-bond acceptors (Lipinski definition) is 3. The van der Waals surface area contributed by atoms with Crippen molar-refractivity contribution in [1.29, 1.82) is 0 Å². The van der Waals surface area contributed by atoms with E-state index >= 15 is 0 Å². The molecule has 0 saturated carbocycles. The van der Waals surface area contributed by atoms with Gasteiger partial charge in [0.05, 0.1) is 11.7 Å². The first-order valence-corrected chi connectivity index (χ1v) is 6.86. The number of benzene rings is 1. The van der Waals surface area contributed by atoms with Crippen LogP contribution in [0.1, 0.15) is 40.5 Å². The lowest BCUT2D eigenvalue weighted by molar-refractivity contribution is 0.0902. The fraction of sp³-hybridized carbons (Fsp3) is 0.250. The van der Waals surface area contributed by atoms with Crippen LogP contribution in [0.15, 0.2) is 34.9 Å². The molecule has 0 aliphatic heterocycles. The van der Waals surface area contributed by atoms with Gasteiger partial charge in [0.2, 0.25) is 5.76 Å². The molecule has 0 aliphatic rings. The number of rotatable bonds is 3. The molecule has 5 nitrogen and oxygen atoms in total. The number of hydrogen-bond donors (Lipinski definition) is 2. The Bertz CT molecular complexity index is 801. The number of aryl methyl sites for hydroxylation is 2. The van der Waals surface area contributed by atoms with E-state index in [9.17, 15) is 4.79 Å². The van der Waals surface area contributed by atoms with Crippen LogP contribution in [-0.4, -0.2) is 16.0 Å². The first-order valence-electron chi connectivity index (χ1n) is 6.86. The van der Waals surface area contributed by atoms with E-state index in [0.717, 1.165) is 22.2 Å². The van der Waals surface area contributed by atoms with Crippen molar-refractivity contribution in [2.75, 3.05) is 0 Å². The van der Waals surface area contributed by atoms with Crippen LogP contribution in [0.2, 0.25) is 0 Å². The van der Waals surface area contributed by atoms with E-state index in [2.05, 4.69) is 27.6 Å². The number of carbonyl (C=O) groups excluding carboxylic acids is 1. The van der Waals surface area contributed by atoms with Crippen molar-refractivity contribution in [3.63, 3.8) is 0 Å². The molecule has 2 heterocycles. The maximum atomic E-state index is 12.1. The van der Waals surface area contributed by atoms with Gasteiger partial charge in [-0.3, -0.25) is 4.79 Å². The van der Waals surface area contributed by atoms with Gasteiger partial charge in [-0.15, -0.1) is 0 Å². The quantitative estimate of drug-likeness (QED) is 0.775. The number of amides is 1. The summed E-state index contributed by atoms with van der Waals surface area (Å²) < 4.78 is 4.97. The molecule has 0 bridgehead atoms. The smallest absolute Gasteiger partial charge is 0.290 e. The van der Waals surface area contributed by atoms with Crippen LogP contribution in [0.3, 0.4) is 0 Å². The lowest BCUT2D eigenvalue weighted by Gasteiger charge is -2.13. The molecule has 1 atom stereocenters. The number of fused-ring (bicyclic) bond motifs is 1. The molecule has 0 aliphatic carbocycles. The zero-order valence-corrected chi connectivity index (χ0v) is 12.2. The van der Waals surface area contributed by atoms with Crippen LogP contribution in [0, 0.1) is 13.8 Å². The molecule has 108 valence electrons. The number of aromatic amines is 1. The lowest BCUT2D eigenvalue weighted by atomic mass is 10.1. The molecule has 2 aromatic heterocycles. The van der Waals surface area contributed by atoms with Gasteiger partial charge < -0.3 is 14.8 Å². The van der Waals surface area contributed by atoms with Crippen LogP contribution in [-0.2, 0) is 0 Å². The fourth-order valence-electron chi connectivity index (χ4n) is 2.39. The van der Waals surface area contributed by atoms with E-state index in [1.165, 1.54) is 0 Å². The summed E-state index contributed by atoms with van der Waals surface area (Å²) in [5.41, 5.74) is 3.96. The van der Waals surface area contributed by atoms with Crippen molar-refractivity contribution in [1.82, 2.24) is 15.5 Å². The summed E-state index contributed by atoms with van der Waals surface area (Å²) in [7, 11) is 0. The van der Waals surface area contributed by atoms with E-state index in [4.69, 9.17) is 4.52 Å². The summed E-state index contributed by atoms with van der Waals surface area (Å²) in [6, 6.07) is 9.72. The van der Waals surface area contributed by atoms with Crippen LogP contribution < -0.4 is 5.32 Å². The topological polar surface area (TPSA) is 70.9 Å². The van der Waals surface area contributed by atoms with Crippen molar-refractivity contribution in [2.24, 2.45) is 0 Å². The molecule has 1 unspecified atom stereocenters. The first kappa shape index (κ1) is 13.4. The Morgan fingerprint density at radius 3 is 2.81 bits per heavy atom. The van der Waals surface area contributed by atoms with Gasteiger partial charge in [0.1, 0.15) is 0 Å². The van der Waals surface area contributed by atoms with Gasteiger partial charge in [0.25, 0.3) is 5.91 Å². The Hall–Kier alpha value is -2.56. The minimum absolute atomic E-state index is 0.109. The number of carbonyl (C=O) groups is 1. The van der Waals surface area contributed by atoms with Crippen molar-refractivity contribution in [3.05, 3.63) is 53.0 Å². The summed E-state index contributed by atoms with van der Waals surface area (Å²) >= 11 is 0. The first-order chi connectivity index (χ1) is 10.0. The van der Waals surface area contributed by atoms with Crippen LogP contribution in [0.5, 0.6) is 0 Å². The largest absolute Gasteiger partial charge is 0.359 e. The average Bonchev–Trinajstić information content (AvgIpc) is 3.02. The van der Waals surface area contributed by atoms with Gasteiger partial charge in [-0.25, -0.2) is 0 Å². The highest BCUT2D eigenvalue weighted by molar-refractivity contribution is 5.91. The maximum Gasteiger partial charge on any atom is 0.290 e. The SMILES string of the molecule is Cc1cc(C(=O)NC(C)c2ccc3[nH]c(C)cc3c2)on1. The van der Waals surface area contributed by atoms with Gasteiger partial charge in [0, 0.05) is 17.3 Å². The van der Waals surface area contributed by atoms with E-state index in [1.807, 2.05) is 26.0 Å². The minimum atomic E-state index is -0.256. The third-order valence-electron chi connectivity index (χ3n) is 3.48. The summed E-state index contributed by atoms with van der Waals surface area (Å²) in [5, 5.41) is 7.78. The number of nitrogens with zero attached hydrogens (tertiary/aromatic N) is 1. The Morgan fingerprint density at radius 2 is 2.10 bits per heavy atom. The molecule has 3 aromatic rings. The molecule has 3 rings (SSSR count). The molecule has 2 N–H and O–H groups in total. The van der Waals surface area contributed by atoms with Crippen LogP contribution in [0.25, 0.3) is 10.9 Å². The van der Waals surface area contributed by atoms with Gasteiger partial charge in [-0.2, -0.15) is 0 Å². The molecule has 0 fully saturated rings. The van der Waals surface area contributed by atoms with Gasteiger partial charge in [-0.05, 0) is 49.9 Å². The zero-order valence-electron chi connectivity index (χ0n) is 12.2. The normalized spacial score (nSPS) is 12.5. The summed E-state index contributed by atoms with van der Waals surface area (Å²) in [5.74, 6) is -0.0219. The standard InChI is InChI=1S/C16H17N3O2/c1-9-6-13-8-12(4-5-14(13)17-9)11(3)18-16(20)15-7-10(2)19-21-15/h4-8,11,17H,1-3H3,(H,18,20). The minimum Gasteiger partial charge on any atom is -0.359 e. The van der Waals surface area contributed by atoms with Crippen molar-refractivity contribution in [2.45, 2.75) is 26.8 Å². The second kappa shape index (κ2) is 5.09. The van der Waals surface area contributed by atoms with Gasteiger partial charge in [-0.1, -0.05) is 11.2 Å². The Kier molecular flexibility index (Phi) is 3.25. The van der Waals surface area contributed by atoms with Gasteiger partial charge in [0.15, 0.2) is 0 Å². The van der Waals surface area contributed by atoms with Gasteiger partial charge >= 0.3 is 0 Å². The lowest BCUT2D eigenvalue weighted by Crippen LogP contribution is -2.26. The molecule has 1 aromatic carbocycles. The second-order valence-electron chi connectivity index (χ2n) is 5.33. The average molecular weight is 283 g/mol. The van der Waals surface area contributed by atoms with E-state index in [-0.39, 0.29) is 17.7 Å². The maximum absolute atomic E-state index is 12.1.